The topological polar surface area (TPSA) is 71.6 Å². The number of carbonyl (C=O) groups is 1. The van der Waals surface area contributed by atoms with Crippen molar-refractivity contribution in [1.82, 2.24) is 20.1 Å². The lowest BCUT2D eigenvalue weighted by Crippen LogP contribution is -2.60. The van der Waals surface area contributed by atoms with E-state index in [9.17, 15) is 9.90 Å². The van der Waals surface area contributed by atoms with E-state index in [0.29, 0.717) is 24.6 Å². The van der Waals surface area contributed by atoms with E-state index in [2.05, 4.69) is 59.3 Å². The SMILES string of the molecule is C=CCNC(=S)N(C)[C@H]1C[C@H]2c3[nH]c4c(-c5ccccc5)cccc4c3CCN2C(=O)[C@H]1[C@H](C)O. The zero-order chi connectivity index (χ0) is 24.7. The number of carbonyl (C=O) groups excluding carboxylic acids is 1. The summed E-state index contributed by atoms with van der Waals surface area (Å²) in [7, 11) is 1.91. The second-order valence-electron chi connectivity index (χ2n) is 9.56. The van der Waals surface area contributed by atoms with Crippen LogP contribution in [-0.4, -0.2) is 63.2 Å². The molecule has 0 bridgehead atoms. The fourth-order valence-electron chi connectivity index (χ4n) is 5.85. The molecule has 0 spiro atoms. The average molecular weight is 489 g/mol. The average Bonchev–Trinajstić information content (AvgIpc) is 3.26. The summed E-state index contributed by atoms with van der Waals surface area (Å²) in [6.07, 6.45) is 2.46. The van der Waals surface area contributed by atoms with Crippen molar-refractivity contribution in [1.29, 1.82) is 0 Å². The van der Waals surface area contributed by atoms with E-state index in [-0.39, 0.29) is 18.0 Å². The Bertz CT molecular complexity index is 1270. The van der Waals surface area contributed by atoms with E-state index in [0.717, 1.165) is 23.2 Å². The molecule has 1 saturated heterocycles. The summed E-state index contributed by atoms with van der Waals surface area (Å²) in [5.41, 5.74) is 5.84. The second-order valence-corrected chi connectivity index (χ2v) is 9.95. The molecule has 0 aliphatic carbocycles. The van der Waals surface area contributed by atoms with Gasteiger partial charge in [-0.05, 0) is 43.1 Å². The summed E-state index contributed by atoms with van der Waals surface area (Å²) < 4.78 is 0. The monoisotopic (exact) mass is 488 g/mol. The summed E-state index contributed by atoms with van der Waals surface area (Å²) in [4.78, 5) is 21.3. The lowest BCUT2D eigenvalue weighted by molar-refractivity contribution is -0.151. The Balaban J connectivity index is 1.56. The van der Waals surface area contributed by atoms with E-state index in [1.807, 2.05) is 22.9 Å². The van der Waals surface area contributed by atoms with Gasteiger partial charge in [-0.15, -0.1) is 6.58 Å². The van der Waals surface area contributed by atoms with Gasteiger partial charge in [-0.1, -0.05) is 54.6 Å². The largest absolute Gasteiger partial charge is 0.393 e. The van der Waals surface area contributed by atoms with Crippen molar-refractivity contribution in [3.8, 4) is 11.1 Å². The number of aliphatic hydroxyl groups excluding tert-OH is 1. The first-order valence-electron chi connectivity index (χ1n) is 12.2. The Morgan fingerprint density at radius 2 is 2.09 bits per heavy atom. The third-order valence-electron chi connectivity index (χ3n) is 7.55. The number of rotatable bonds is 5. The van der Waals surface area contributed by atoms with Gasteiger partial charge in [0.1, 0.15) is 0 Å². The van der Waals surface area contributed by atoms with Crippen molar-refractivity contribution in [2.75, 3.05) is 20.1 Å². The van der Waals surface area contributed by atoms with E-state index >= 15 is 0 Å². The summed E-state index contributed by atoms with van der Waals surface area (Å²) in [5, 5.41) is 15.6. The maximum absolute atomic E-state index is 13.7. The number of aromatic amines is 1. The minimum atomic E-state index is -0.771. The molecule has 0 unspecified atom stereocenters. The van der Waals surface area contributed by atoms with E-state index in [1.165, 1.54) is 16.5 Å². The summed E-state index contributed by atoms with van der Waals surface area (Å²) in [6.45, 7) is 6.64. The first kappa shape index (κ1) is 23.6. The Morgan fingerprint density at radius 3 is 2.80 bits per heavy atom. The van der Waals surface area contributed by atoms with Crippen molar-refractivity contribution >= 4 is 34.1 Å². The lowest BCUT2D eigenvalue weighted by Gasteiger charge is -2.49. The third kappa shape index (κ3) is 4.02. The number of amides is 1. The van der Waals surface area contributed by atoms with E-state index in [4.69, 9.17) is 12.2 Å². The molecule has 3 heterocycles. The van der Waals surface area contributed by atoms with Gasteiger partial charge in [0.25, 0.3) is 0 Å². The van der Waals surface area contributed by atoms with Crippen LogP contribution in [-0.2, 0) is 11.2 Å². The van der Waals surface area contributed by atoms with Crippen molar-refractivity contribution in [2.24, 2.45) is 5.92 Å². The van der Waals surface area contributed by atoms with Crippen LogP contribution in [0.15, 0.2) is 61.2 Å². The molecule has 182 valence electrons. The number of nitrogens with one attached hydrogen (secondary N) is 2. The van der Waals surface area contributed by atoms with Gasteiger partial charge in [0.15, 0.2) is 5.11 Å². The molecule has 5 rings (SSSR count). The predicted octanol–water partition coefficient (Wildman–Crippen LogP) is 4.02. The van der Waals surface area contributed by atoms with Crippen LogP contribution >= 0.6 is 12.2 Å². The maximum Gasteiger partial charge on any atom is 0.230 e. The van der Waals surface area contributed by atoms with Gasteiger partial charge in [0, 0.05) is 42.8 Å². The molecular formula is C28H32N4O2S. The minimum Gasteiger partial charge on any atom is -0.393 e. The molecule has 35 heavy (non-hydrogen) atoms. The number of piperidine rings is 1. The predicted molar refractivity (Wildman–Crippen MR) is 144 cm³/mol. The molecule has 2 aromatic carbocycles. The van der Waals surface area contributed by atoms with Crippen molar-refractivity contribution < 1.29 is 9.90 Å². The zero-order valence-corrected chi connectivity index (χ0v) is 21.0. The van der Waals surface area contributed by atoms with E-state index < -0.39 is 12.0 Å². The fraction of sp³-hybridized carbons (Fsp3) is 0.357. The van der Waals surface area contributed by atoms with Gasteiger partial charge in [-0.25, -0.2) is 0 Å². The number of thiocarbonyl (C=S) groups is 1. The van der Waals surface area contributed by atoms with Crippen LogP contribution in [0, 0.1) is 5.92 Å². The molecular weight excluding hydrogens is 456 g/mol. The Morgan fingerprint density at radius 1 is 1.31 bits per heavy atom. The number of nitrogens with zero attached hydrogens (tertiary/aromatic N) is 2. The second kappa shape index (κ2) is 9.47. The van der Waals surface area contributed by atoms with Crippen molar-refractivity contribution in [3.63, 3.8) is 0 Å². The summed E-state index contributed by atoms with van der Waals surface area (Å²) >= 11 is 5.60. The van der Waals surface area contributed by atoms with Crippen LogP contribution < -0.4 is 5.32 Å². The van der Waals surface area contributed by atoms with Gasteiger partial charge >= 0.3 is 0 Å². The number of para-hydroxylation sites is 1. The number of aromatic nitrogens is 1. The Labute approximate surface area is 211 Å². The molecule has 0 radical (unpaired) electrons. The molecule has 1 amide bonds. The zero-order valence-electron chi connectivity index (χ0n) is 20.2. The number of hydrogen-bond donors (Lipinski definition) is 3. The first-order chi connectivity index (χ1) is 16.9. The summed E-state index contributed by atoms with van der Waals surface area (Å²) in [6, 6.07) is 16.5. The van der Waals surface area contributed by atoms with Crippen LogP contribution in [0.2, 0.25) is 0 Å². The minimum absolute atomic E-state index is 0.00721. The van der Waals surface area contributed by atoms with Crippen LogP contribution in [0.4, 0.5) is 0 Å². The van der Waals surface area contributed by atoms with Crippen LogP contribution in [0.1, 0.15) is 30.6 Å². The normalized spacial score (nSPS) is 22.3. The number of benzene rings is 2. The first-order valence-corrected chi connectivity index (χ1v) is 12.6. The molecule has 2 aliphatic rings. The molecule has 1 aromatic heterocycles. The quantitative estimate of drug-likeness (QED) is 0.374. The smallest absolute Gasteiger partial charge is 0.230 e. The molecule has 6 nitrogen and oxygen atoms in total. The van der Waals surface area contributed by atoms with Crippen LogP contribution in [0.5, 0.6) is 0 Å². The highest BCUT2D eigenvalue weighted by molar-refractivity contribution is 7.80. The third-order valence-corrected chi connectivity index (χ3v) is 7.99. The molecule has 3 N–H and O–H groups in total. The van der Waals surface area contributed by atoms with Gasteiger partial charge in [-0.2, -0.15) is 0 Å². The van der Waals surface area contributed by atoms with Crippen LogP contribution in [0.3, 0.4) is 0 Å². The molecule has 1 fully saturated rings. The number of H-pyrrole nitrogens is 1. The molecule has 7 heteroatoms. The van der Waals surface area contributed by atoms with Gasteiger partial charge < -0.3 is 25.2 Å². The molecule has 0 saturated carbocycles. The molecule has 4 atom stereocenters. The standard InChI is InChI=1S/C28H32N4O2S/c1-4-14-29-28(35)31(3)22-16-23-26-21(13-15-32(23)27(34)24(22)17(2)33)20-12-8-11-19(25(20)30-26)18-9-6-5-7-10-18/h4-12,17,22-24,30,33H,1,13-16H2,2-3H3,(H,29,35)/t17-,22-,23-,24-/m0/s1. The van der Waals surface area contributed by atoms with Gasteiger partial charge in [-0.3, -0.25) is 4.79 Å². The van der Waals surface area contributed by atoms with Crippen molar-refractivity contribution in [3.05, 3.63) is 72.4 Å². The van der Waals surface area contributed by atoms with E-state index in [1.54, 1.807) is 13.0 Å². The molecule has 3 aromatic rings. The Hall–Kier alpha value is -3.16. The van der Waals surface area contributed by atoms with Crippen LogP contribution in [0.25, 0.3) is 22.0 Å². The van der Waals surface area contributed by atoms with Gasteiger partial charge in [0.2, 0.25) is 5.91 Å². The highest BCUT2D eigenvalue weighted by atomic mass is 32.1. The highest BCUT2D eigenvalue weighted by Gasteiger charge is 2.48. The lowest BCUT2D eigenvalue weighted by atomic mass is 9.79. The number of fused-ring (bicyclic) bond motifs is 5. The fourth-order valence-corrected chi connectivity index (χ4v) is 6.07. The highest BCUT2D eigenvalue weighted by Crippen LogP contribution is 2.44. The number of aliphatic hydroxyl groups is 1. The number of hydrogen-bond acceptors (Lipinski definition) is 3. The van der Waals surface area contributed by atoms with Gasteiger partial charge in [0.05, 0.1) is 23.6 Å². The maximum atomic E-state index is 13.7. The Kier molecular flexibility index (Phi) is 6.38. The summed E-state index contributed by atoms with van der Waals surface area (Å²) in [5.74, 6) is -0.544. The molecule has 2 aliphatic heterocycles. The van der Waals surface area contributed by atoms with Crippen molar-refractivity contribution in [2.45, 2.75) is 38.0 Å².